The van der Waals surface area contributed by atoms with Gasteiger partial charge in [0.05, 0.1) is 5.56 Å². The van der Waals surface area contributed by atoms with Crippen molar-refractivity contribution in [1.29, 1.82) is 0 Å². The quantitative estimate of drug-likeness (QED) is 0.752. The number of hydrogen-bond donors (Lipinski definition) is 1. The molecule has 1 aromatic carbocycles. The van der Waals surface area contributed by atoms with E-state index in [1.807, 2.05) is 12.1 Å². The molecule has 1 saturated carbocycles. The van der Waals surface area contributed by atoms with Crippen molar-refractivity contribution < 1.29 is 9.90 Å². The smallest absolute Gasteiger partial charge is 0.335 e. The molecule has 1 aliphatic rings. The summed E-state index contributed by atoms with van der Waals surface area (Å²) in [6.07, 6.45) is 3.82. The van der Waals surface area contributed by atoms with E-state index in [0.29, 0.717) is 11.5 Å². The van der Waals surface area contributed by atoms with Gasteiger partial charge in [-0.2, -0.15) is 0 Å². The summed E-state index contributed by atoms with van der Waals surface area (Å²) in [5, 5.41) is 8.69. The Hall–Kier alpha value is -1.31. The SMILES string of the molecule is O=C(O)c1ccc(C2CCC2)cc1. The van der Waals surface area contributed by atoms with E-state index >= 15 is 0 Å². The van der Waals surface area contributed by atoms with E-state index < -0.39 is 5.97 Å². The summed E-state index contributed by atoms with van der Waals surface area (Å²) in [5.74, 6) is -0.164. The number of rotatable bonds is 2. The van der Waals surface area contributed by atoms with E-state index in [4.69, 9.17) is 5.11 Å². The van der Waals surface area contributed by atoms with Crippen molar-refractivity contribution in [2.24, 2.45) is 0 Å². The Kier molecular flexibility index (Phi) is 2.05. The Morgan fingerprint density at radius 1 is 1.23 bits per heavy atom. The lowest BCUT2D eigenvalue weighted by atomic mass is 9.80. The molecule has 1 aromatic rings. The van der Waals surface area contributed by atoms with Crippen LogP contribution in [0.5, 0.6) is 0 Å². The lowest BCUT2D eigenvalue weighted by molar-refractivity contribution is 0.0697. The Bertz CT molecular complexity index is 309. The summed E-state index contributed by atoms with van der Waals surface area (Å²) in [4.78, 5) is 10.6. The van der Waals surface area contributed by atoms with Crippen molar-refractivity contribution in [3.05, 3.63) is 35.4 Å². The second kappa shape index (κ2) is 3.21. The molecule has 2 nitrogen and oxygen atoms in total. The number of benzene rings is 1. The van der Waals surface area contributed by atoms with Crippen molar-refractivity contribution in [3.63, 3.8) is 0 Å². The molecule has 68 valence electrons. The topological polar surface area (TPSA) is 37.3 Å². The lowest BCUT2D eigenvalue weighted by Crippen LogP contribution is -2.08. The van der Waals surface area contributed by atoms with Crippen LogP contribution in [-0.4, -0.2) is 11.1 Å². The maximum Gasteiger partial charge on any atom is 0.335 e. The van der Waals surface area contributed by atoms with Gasteiger partial charge in [0.1, 0.15) is 0 Å². The van der Waals surface area contributed by atoms with Crippen molar-refractivity contribution in [3.8, 4) is 0 Å². The molecule has 0 aliphatic heterocycles. The molecule has 0 heterocycles. The fourth-order valence-electron chi connectivity index (χ4n) is 1.64. The highest BCUT2D eigenvalue weighted by Crippen LogP contribution is 2.36. The van der Waals surface area contributed by atoms with Crippen molar-refractivity contribution in [1.82, 2.24) is 0 Å². The predicted molar refractivity (Wildman–Crippen MR) is 50.0 cm³/mol. The fraction of sp³-hybridized carbons (Fsp3) is 0.364. The first-order chi connectivity index (χ1) is 6.27. The van der Waals surface area contributed by atoms with Crippen LogP contribution in [0.15, 0.2) is 24.3 Å². The molecule has 0 aromatic heterocycles. The van der Waals surface area contributed by atoms with Crippen LogP contribution in [-0.2, 0) is 0 Å². The van der Waals surface area contributed by atoms with Crippen LogP contribution in [0.2, 0.25) is 0 Å². The third-order valence-corrected chi connectivity index (χ3v) is 2.73. The molecule has 0 unspecified atom stereocenters. The monoisotopic (exact) mass is 176 g/mol. The first-order valence-electron chi connectivity index (χ1n) is 4.60. The van der Waals surface area contributed by atoms with Crippen LogP contribution in [0.4, 0.5) is 0 Å². The minimum Gasteiger partial charge on any atom is -0.478 e. The summed E-state index contributed by atoms with van der Waals surface area (Å²) in [7, 11) is 0. The molecule has 1 fully saturated rings. The lowest BCUT2D eigenvalue weighted by Gasteiger charge is -2.25. The second-order valence-corrected chi connectivity index (χ2v) is 3.55. The van der Waals surface area contributed by atoms with Crippen LogP contribution in [0, 0.1) is 0 Å². The molecule has 2 heteroatoms. The van der Waals surface area contributed by atoms with Gasteiger partial charge in [-0.1, -0.05) is 18.6 Å². The maximum absolute atomic E-state index is 10.6. The molecule has 0 saturated heterocycles. The number of hydrogen-bond acceptors (Lipinski definition) is 1. The standard InChI is InChI=1S/C11H12O2/c12-11(13)10-6-4-9(5-7-10)8-2-1-3-8/h4-8H,1-3H2,(H,12,13). The van der Waals surface area contributed by atoms with Crippen molar-refractivity contribution >= 4 is 5.97 Å². The molecule has 0 bridgehead atoms. The van der Waals surface area contributed by atoms with Gasteiger partial charge < -0.3 is 5.11 Å². The molecular formula is C11H12O2. The van der Waals surface area contributed by atoms with Gasteiger partial charge in [-0.3, -0.25) is 0 Å². The zero-order valence-corrected chi connectivity index (χ0v) is 7.36. The summed E-state index contributed by atoms with van der Waals surface area (Å²) in [5.41, 5.74) is 1.67. The molecular weight excluding hydrogens is 164 g/mol. The molecule has 0 spiro atoms. The summed E-state index contributed by atoms with van der Waals surface area (Å²) in [6, 6.07) is 7.26. The van der Waals surface area contributed by atoms with Crippen molar-refractivity contribution in [2.75, 3.05) is 0 Å². The first kappa shape index (κ1) is 8.30. The van der Waals surface area contributed by atoms with E-state index in [0.717, 1.165) is 0 Å². The largest absolute Gasteiger partial charge is 0.478 e. The van der Waals surface area contributed by atoms with Crippen LogP contribution in [0.1, 0.15) is 41.1 Å². The van der Waals surface area contributed by atoms with Gasteiger partial charge in [0, 0.05) is 0 Å². The number of carboxylic acids is 1. The third kappa shape index (κ3) is 1.57. The molecule has 2 rings (SSSR count). The van der Waals surface area contributed by atoms with Gasteiger partial charge in [0.2, 0.25) is 0 Å². The van der Waals surface area contributed by atoms with E-state index in [9.17, 15) is 4.79 Å². The average Bonchev–Trinajstić information content (AvgIpc) is 2.02. The number of carbonyl (C=O) groups is 1. The van der Waals surface area contributed by atoms with Crippen LogP contribution in [0.3, 0.4) is 0 Å². The second-order valence-electron chi connectivity index (χ2n) is 3.55. The summed E-state index contributed by atoms with van der Waals surface area (Å²) in [6.45, 7) is 0. The highest BCUT2D eigenvalue weighted by molar-refractivity contribution is 5.87. The predicted octanol–water partition coefficient (Wildman–Crippen LogP) is 2.65. The number of carboxylic acid groups (broad SMARTS) is 1. The van der Waals surface area contributed by atoms with Crippen molar-refractivity contribution in [2.45, 2.75) is 25.2 Å². The molecule has 0 radical (unpaired) electrons. The molecule has 0 amide bonds. The van der Waals surface area contributed by atoms with Gasteiger partial charge >= 0.3 is 5.97 Å². The minimum absolute atomic E-state index is 0.378. The molecule has 1 N–H and O–H groups in total. The van der Waals surface area contributed by atoms with Gasteiger partial charge in [0.25, 0.3) is 0 Å². The molecule has 1 aliphatic carbocycles. The van der Waals surface area contributed by atoms with E-state index in [-0.39, 0.29) is 0 Å². The zero-order chi connectivity index (χ0) is 9.26. The van der Waals surface area contributed by atoms with Gasteiger partial charge in [-0.05, 0) is 36.5 Å². The van der Waals surface area contributed by atoms with E-state index in [2.05, 4.69) is 0 Å². The zero-order valence-electron chi connectivity index (χ0n) is 7.36. The first-order valence-corrected chi connectivity index (χ1v) is 4.60. The van der Waals surface area contributed by atoms with Gasteiger partial charge in [0.15, 0.2) is 0 Å². The Labute approximate surface area is 77.2 Å². The van der Waals surface area contributed by atoms with Gasteiger partial charge in [-0.25, -0.2) is 4.79 Å². The number of aromatic carboxylic acids is 1. The Balaban J connectivity index is 2.17. The summed E-state index contributed by atoms with van der Waals surface area (Å²) < 4.78 is 0. The van der Waals surface area contributed by atoms with Crippen LogP contribution < -0.4 is 0 Å². The average molecular weight is 176 g/mol. The van der Waals surface area contributed by atoms with Crippen LogP contribution in [0.25, 0.3) is 0 Å². The maximum atomic E-state index is 10.6. The highest BCUT2D eigenvalue weighted by atomic mass is 16.4. The van der Waals surface area contributed by atoms with Crippen LogP contribution >= 0.6 is 0 Å². The summed E-state index contributed by atoms with van der Waals surface area (Å²) >= 11 is 0. The highest BCUT2D eigenvalue weighted by Gasteiger charge is 2.19. The Morgan fingerprint density at radius 2 is 1.85 bits per heavy atom. The van der Waals surface area contributed by atoms with E-state index in [1.54, 1.807) is 12.1 Å². The molecule has 13 heavy (non-hydrogen) atoms. The Morgan fingerprint density at radius 3 is 2.23 bits per heavy atom. The van der Waals surface area contributed by atoms with E-state index in [1.165, 1.54) is 24.8 Å². The van der Waals surface area contributed by atoms with Gasteiger partial charge in [-0.15, -0.1) is 0 Å². The molecule has 0 atom stereocenters. The minimum atomic E-state index is -0.847. The third-order valence-electron chi connectivity index (χ3n) is 2.73. The normalized spacial score (nSPS) is 16.6. The fourth-order valence-corrected chi connectivity index (χ4v) is 1.64.